The summed E-state index contributed by atoms with van der Waals surface area (Å²) < 4.78 is 0. The molecule has 0 fully saturated rings. The van der Waals surface area contributed by atoms with Gasteiger partial charge in [-0.25, -0.2) is 0 Å². The van der Waals surface area contributed by atoms with Gasteiger partial charge in [0, 0.05) is 12.0 Å². The lowest BCUT2D eigenvalue weighted by Crippen LogP contribution is -2.37. The lowest BCUT2D eigenvalue weighted by atomic mass is 9.69. The molecule has 0 aromatic carbocycles. The van der Waals surface area contributed by atoms with Crippen molar-refractivity contribution in [3.05, 3.63) is 46.5 Å². The number of aliphatic hydroxyl groups excluding tert-OH is 2. The van der Waals surface area contributed by atoms with E-state index in [0.717, 1.165) is 17.2 Å². The first-order chi connectivity index (χ1) is 11.0. The molecule has 1 rings (SSSR count). The quantitative estimate of drug-likeness (QED) is 0.688. The SMILES string of the molecule is CC(C)=CCC1(CC=C(C)C)C(=O)C=C(O)C(C(=O)C(C)C)=C1O. The molecular formula is C20H28O4. The van der Waals surface area contributed by atoms with E-state index in [0.29, 0.717) is 0 Å². The Bertz CT molecular complexity index is 629. The Morgan fingerprint density at radius 3 is 1.92 bits per heavy atom. The molecule has 0 amide bonds. The lowest BCUT2D eigenvalue weighted by Gasteiger charge is -2.33. The van der Waals surface area contributed by atoms with Crippen LogP contribution in [0.3, 0.4) is 0 Å². The first kappa shape index (κ1) is 19.9. The number of Topliss-reactive ketones (excluding diaryl/α,β-unsaturated/α-hetero) is 1. The largest absolute Gasteiger partial charge is 0.510 e. The number of hydrogen-bond donors (Lipinski definition) is 2. The van der Waals surface area contributed by atoms with E-state index in [-0.39, 0.29) is 35.7 Å². The van der Waals surface area contributed by atoms with Gasteiger partial charge in [0.15, 0.2) is 11.6 Å². The van der Waals surface area contributed by atoms with Crippen LogP contribution in [0.25, 0.3) is 0 Å². The fourth-order valence-corrected chi connectivity index (χ4v) is 2.58. The molecule has 2 N–H and O–H groups in total. The molecule has 0 aliphatic heterocycles. The zero-order valence-corrected chi connectivity index (χ0v) is 15.4. The van der Waals surface area contributed by atoms with Crippen molar-refractivity contribution < 1.29 is 19.8 Å². The van der Waals surface area contributed by atoms with Gasteiger partial charge in [0.1, 0.15) is 11.5 Å². The number of allylic oxidation sites excluding steroid dienone is 7. The minimum absolute atomic E-state index is 0.131. The number of carbonyl (C=O) groups is 2. The van der Waals surface area contributed by atoms with Gasteiger partial charge in [-0.15, -0.1) is 0 Å². The highest BCUT2D eigenvalue weighted by atomic mass is 16.3. The fraction of sp³-hybridized carbons (Fsp3) is 0.500. The van der Waals surface area contributed by atoms with Crippen LogP contribution in [0.4, 0.5) is 0 Å². The molecule has 0 heterocycles. The summed E-state index contributed by atoms with van der Waals surface area (Å²) >= 11 is 0. The minimum atomic E-state index is -1.24. The van der Waals surface area contributed by atoms with Crippen molar-refractivity contribution in [1.82, 2.24) is 0 Å². The van der Waals surface area contributed by atoms with E-state index in [1.54, 1.807) is 13.8 Å². The molecule has 0 unspecified atom stereocenters. The van der Waals surface area contributed by atoms with E-state index in [1.165, 1.54) is 0 Å². The van der Waals surface area contributed by atoms with E-state index in [9.17, 15) is 19.8 Å². The molecule has 0 aromatic rings. The van der Waals surface area contributed by atoms with Gasteiger partial charge in [0.25, 0.3) is 0 Å². The summed E-state index contributed by atoms with van der Waals surface area (Å²) in [6.45, 7) is 11.0. The second-order valence-corrected chi connectivity index (χ2v) is 7.19. The van der Waals surface area contributed by atoms with Crippen LogP contribution in [0.5, 0.6) is 0 Å². The first-order valence-corrected chi connectivity index (χ1v) is 8.23. The predicted octanol–water partition coefficient (Wildman–Crippen LogP) is 4.75. The molecule has 0 aromatic heterocycles. The van der Waals surface area contributed by atoms with Crippen LogP contribution in [0.1, 0.15) is 54.4 Å². The van der Waals surface area contributed by atoms with Crippen LogP contribution in [0.2, 0.25) is 0 Å². The van der Waals surface area contributed by atoms with Crippen LogP contribution < -0.4 is 0 Å². The predicted molar refractivity (Wildman–Crippen MR) is 95.7 cm³/mol. The second kappa shape index (κ2) is 7.65. The third kappa shape index (κ3) is 4.05. The molecule has 24 heavy (non-hydrogen) atoms. The molecular weight excluding hydrogens is 304 g/mol. The number of rotatable bonds is 6. The summed E-state index contributed by atoms with van der Waals surface area (Å²) in [6.07, 6.45) is 5.39. The monoisotopic (exact) mass is 332 g/mol. The third-order valence-corrected chi connectivity index (χ3v) is 4.17. The topological polar surface area (TPSA) is 74.6 Å². The van der Waals surface area contributed by atoms with E-state index in [4.69, 9.17) is 0 Å². The Labute approximate surface area is 144 Å². The van der Waals surface area contributed by atoms with Gasteiger partial charge in [-0.1, -0.05) is 37.1 Å². The molecule has 0 atom stereocenters. The first-order valence-electron chi connectivity index (χ1n) is 8.23. The summed E-state index contributed by atoms with van der Waals surface area (Å²) in [4.78, 5) is 25.1. The zero-order chi connectivity index (χ0) is 18.7. The molecule has 1 aliphatic rings. The standard InChI is InChI=1S/C20H28O4/c1-12(2)7-9-20(10-8-13(3)4)16(22)11-15(21)17(19(20)24)18(23)14(5)6/h7-8,11,14,21,24H,9-10H2,1-6H3. The normalized spacial score (nSPS) is 16.8. The Morgan fingerprint density at radius 1 is 1.08 bits per heavy atom. The summed E-state index contributed by atoms with van der Waals surface area (Å²) in [5, 5.41) is 20.9. The molecule has 0 bridgehead atoms. The summed E-state index contributed by atoms with van der Waals surface area (Å²) in [5.74, 6) is -1.90. The second-order valence-electron chi connectivity index (χ2n) is 7.19. The molecule has 1 aliphatic carbocycles. The van der Waals surface area contributed by atoms with Crippen molar-refractivity contribution >= 4 is 11.6 Å². The molecule has 0 spiro atoms. The van der Waals surface area contributed by atoms with Gasteiger partial charge >= 0.3 is 0 Å². The van der Waals surface area contributed by atoms with Crippen LogP contribution in [-0.2, 0) is 9.59 Å². The fourth-order valence-electron chi connectivity index (χ4n) is 2.58. The highest BCUT2D eigenvalue weighted by Gasteiger charge is 2.46. The van der Waals surface area contributed by atoms with E-state index >= 15 is 0 Å². The van der Waals surface area contributed by atoms with E-state index in [2.05, 4.69) is 0 Å². The molecule has 0 saturated carbocycles. The highest BCUT2D eigenvalue weighted by Crippen LogP contribution is 2.43. The number of aliphatic hydroxyl groups is 2. The van der Waals surface area contributed by atoms with Gasteiger partial charge in [-0.2, -0.15) is 0 Å². The Balaban J connectivity index is 3.58. The van der Waals surface area contributed by atoms with Crippen molar-refractivity contribution in [1.29, 1.82) is 0 Å². The molecule has 132 valence electrons. The summed E-state index contributed by atoms with van der Waals surface area (Å²) in [6, 6.07) is 0. The lowest BCUT2D eigenvalue weighted by molar-refractivity contribution is -0.124. The van der Waals surface area contributed by atoms with Crippen LogP contribution in [0, 0.1) is 11.3 Å². The van der Waals surface area contributed by atoms with E-state index < -0.39 is 17.1 Å². The number of carbonyl (C=O) groups excluding carboxylic acids is 2. The minimum Gasteiger partial charge on any atom is -0.510 e. The van der Waals surface area contributed by atoms with Crippen LogP contribution in [-0.4, -0.2) is 21.8 Å². The summed E-state index contributed by atoms with van der Waals surface area (Å²) in [7, 11) is 0. The van der Waals surface area contributed by atoms with Gasteiger partial charge in [-0.3, -0.25) is 9.59 Å². The van der Waals surface area contributed by atoms with Crippen molar-refractivity contribution in [2.75, 3.05) is 0 Å². The number of ketones is 2. The maximum Gasteiger partial charge on any atom is 0.173 e. The smallest absolute Gasteiger partial charge is 0.173 e. The average Bonchev–Trinajstić information content (AvgIpc) is 2.45. The van der Waals surface area contributed by atoms with Gasteiger partial charge in [0.05, 0.1) is 11.0 Å². The summed E-state index contributed by atoms with van der Waals surface area (Å²) in [5.41, 5.74) is 0.667. The van der Waals surface area contributed by atoms with Gasteiger partial charge in [-0.05, 0) is 40.5 Å². The van der Waals surface area contributed by atoms with Gasteiger partial charge < -0.3 is 10.2 Å². The molecule has 0 saturated heterocycles. The van der Waals surface area contributed by atoms with E-state index in [1.807, 2.05) is 39.8 Å². The average molecular weight is 332 g/mol. The molecule has 4 heteroatoms. The maximum absolute atomic E-state index is 12.7. The number of hydrogen-bond acceptors (Lipinski definition) is 4. The Morgan fingerprint density at radius 2 is 1.54 bits per heavy atom. The molecule has 4 nitrogen and oxygen atoms in total. The Kier molecular flexibility index (Phi) is 6.35. The highest BCUT2D eigenvalue weighted by molar-refractivity contribution is 6.08. The van der Waals surface area contributed by atoms with Gasteiger partial charge in [0.2, 0.25) is 0 Å². The molecule has 0 radical (unpaired) electrons. The third-order valence-electron chi connectivity index (χ3n) is 4.17. The van der Waals surface area contributed by atoms with Crippen molar-refractivity contribution in [3.63, 3.8) is 0 Å². The van der Waals surface area contributed by atoms with Crippen LogP contribution >= 0.6 is 0 Å². The van der Waals surface area contributed by atoms with Crippen molar-refractivity contribution in [2.45, 2.75) is 54.4 Å². The van der Waals surface area contributed by atoms with Crippen LogP contribution in [0.15, 0.2) is 46.5 Å². The maximum atomic E-state index is 12.7. The van der Waals surface area contributed by atoms with Crippen molar-refractivity contribution in [3.8, 4) is 0 Å². The zero-order valence-electron chi connectivity index (χ0n) is 15.4. The van der Waals surface area contributed by atoms with Crippen molar-refractivity contribution in [2.24, 2.45) is 11.3 Å². The Hall–Kier alpha value is -2.10.